The number of benzene rings is 1. The van der Waals surface area contributed by atoms with Gasteiger partial charge in [-0.3, -0.25) is 4.79 Å². The average molecular weight is 393 g/mol. The Kier molecular flexibility index (Phi) is 6.12. The Morgan fingerprint density at radius 3 is 1.95 bits per heavy atom. The summed E-state index contributed by atoms with van der Waals surface area (Å²) in [6, 6.07) is 0. The van der Waals surface area contributed by atoms with E-state index in [1.807, 2.05) is 0 Å². The molecule has 1 saturated heterocycles. The summed E-state index contributed by atoms with van der Waals surface area (Å²) >= 11 is 29.7. The first-order chi connectivity index (χ1) is 9.93. The molecule has 0 N–H and O–H groups in total. The molecule has 4 nitrogen and oxygen atoms in total. The van der Waals surface area contributed by atoms with Crippen molar-refractivity contribution in [2.45, 2.75) is 0 Å². The van der Waals surface area contributed by atoms with Crippen LogP contribution in [0.1, 0.15) is 0 Å². The third-order valence-electron chi connectivity index (χ3n) is 2.87. The zero-order valence-electron chi connectivity index (χ0n) is 10.6. The fraction of sp³-hybridized carbons (Fsp3) is 0.417. The summed E-state index contributed by atoms with van der Waals surface area (Å²) < 4.78 is 10.5. The van der Waals surface area contributed by atoms with E-state index in [0.717, 1.165) is 0 Å². The summed E-state index contributed by atoms with van der Waals surface area (Å²) in [4.78, 5) is 13.6. The van der Waals surface area contributed by atoms with Gasteiger partial charge in [0.25, 0.3) is 5.91 Å². The van der Waals surface area contributed by atoms with Crippen molar-refractivity contribution >= 4 is 63.9 Å². The molecule has 116 valence electrons. The third kappa shape index (κ3) is 3.81. The molecule has 1 aromatic carbocycles. The quantitative estimate of drug-likeness (QED) is 0.571. The standard InChI is InChI=1S/C12H10Cl5NO3/c13-7-8(14)10(16)12(11(17)9(7)15)21-5-6(19)18-1-3-20-4-2-18/h1-5H2. The maximum absolute atomic E-state index is 12.0. The zero-order valence-corrected chi connectivity index (χ0v) is 14.4. The second-order valence-electron chi connectivity index (χ2n) is 4.18. The number of ether oxygens (including phenoxy) is 2. The lowest BCUT2D eigenvalue weighted by molar-refractivity contribution is -0.137. The number of halogens is 5. The highest BCUT2D eigenvalue weighted by molar-refractivity contribution is 6.55. The molecule has 0 aromatic heterocycles. The lowest BCUT2D eigenvalue weighted by atomic mass is 10.3. The molecule has 1 aliphatic heterocycles. The lowest BCUT2D eigenvalue weighted by Gasteiger charge is -2.26. The molecular weight excluding hydrogens is 383 g/mol. The highest BCUT2D eigenvalue weighted by atomic mass is 35.5. The van der Waals surface area contributed by atoms with Crippen LogP contribution in [-0.4, -0.2) is 43.7 Å². The number of carbonyl (C=O) groups excluding carboxylic acids is 1. The number of hydrogen-bond donors (Lipinski definition) is 0. The second kappa shape index (κ2) is 7.44. The van der Waals surface area contributed by atoms with Gasteiger partial charge < -0.3 is 14.4 Å². The van der Waals surface area contributed by atoms with Crippen LogP contribution in [0.15, 0.2) is 0 Å². The number of rotatable bonds is 3. The molecule has 0 aliphatic carbocycles. The van der Waals surface area contributed by atoms with E-state index in [1.54, 1.807) is 4.90 Å². The lowest BCUT2D eigenvalue weighted by Crippen LogP contribution is -2.43. The van der Waals surface area contributed by atoms with Crippen molar-refractivity contribution in [2.24, 2.45) is 0 Å². The Hall–Kier alpha value is -0.100. The Morgan fingerprint density at radius 1 is 0.952 bits per heavy atom. The molecule has 9 heteroatoms. The van der Waals surface area contributed by atoms with Crippen LogP contribution >= 0.6 is 58.0 Å². The van der Waals surface area contributed by atoms with E-state index in [2.05, 4.69) is 0 Å². The van der Waals surface area contributed by atoms with Crippen LogP contribution in [0.5, 0.6) is 5.75 Å². The van der Waals surface area contributed by atoms with Crippen LogP contribution in [0.3, 0.4) is 0 Å². The van der Waals surface area contributed by atoms with Gasteiger partial charge in [0.05, 0.1) is 28.3 Å². The predicted molar refractivity (Wildman–Crippen MR) is 84.4 cm³/mol. The van der Waals surface area contributed by atoms with Crippen molar-refractivity contribution in [3.05, 3.63) is 25.1 Å². The smallest absolute Gasteiger partial charge is 0.260 e. The number of carbonyl (C=O) groups is 1. The minimum Gasteiger partial charge on any atom is -0.481 e. The molecule has 1 aliphatic rings. The monoisotopic (exact) mass is 391 g/mol. The minimum atomic E-state index is -0.228. The first-order valence-corrected chi connectivity index (χ1v) is 7.82. The van der Waals surface area contributed by atoms with E-state index in [-0.39, 0.29) is 43.4 Å². The largest absolute Gasteiger partial charge is 0.481 e. The van der Waals surface area contributed by atoms with Gasteiger partial charge >= 0.3 is 0 Å². The van der Waals surface area contributed by atoms with Crippen LogP contribution in [0, 0.1) is 0 Å². The molecule has 21 heavy (non-hydrogen) atoms. The second-order valence-corrected chi connectivity index (χ2v) is 6.07. The normalized spacial score (nSPS) is 15.2. The van der Waals surface area contributed by atoms with Crippen LogP contribution in [-0.2, 0) is 9.53 Å². The summed E-state index contributed by atoms with van der Waals surface area (Å²) in [5, 5.41) is 0.139. The molecule has 1 aromatic rings. The van der Waals surface area contributed by atoms with Gasteiger partial charge in [-0.1, -0.05) is 58.0 Å². The molecule has 1 fully saturated rings. The van der Waals surface area contributed by atoms with Crippen LogP contribution in [0.2, 0.25) is 25.1 Å². The van der Waals surface area contributed by atoms with Gasteiger partial charge in [0.2, 0.25) is 0 Å². The van der Waals surface area contributed by atoms with E-state index < -0.39 is 0 Å². The summed E-state index contributed by atoms with van der Waals surface area (Å²) in [6.45, 7) is 1.82. The first kappa shape index (κ1) is 17.3. The number of nitrogens with zero attached hydrogens (tertiary/aromatic N) is 1. The van der Waals surface area contributed by atoms with Gasteiger partial charge in [0.1, 0.15) is 10.0 Å². The Morgan fingerprint density at radius 2 is 1.43 bits per heavy atom. The van der Waals surface area contributed by atoms with Gasteiger partial charge in [0, 0.05) is 13.1 Å². The Balaban J connectivity index is 2.11. The summed E-state index contributed by atoms with van der Waals surface area (Å²) in [5.41, 5.74) is 0. The van der Waals surface area contributed by atoms with Crippen molar-refractivity contribution in [1.29, 1.82) is 0 Å². The van der Waals surface area contributed by atoms with Crippen molar-refractivity contribution in [2.75, 3.05) is 32.9 Å². The molecule has 1 heterocycles. The fourth-order valence-electron chi connectivity index (χ4n) is 1.75. The maximum Gasteiger partial charge on any atom is 0.260 e. The highest BCUT2D eigenvalue weighted by Crippen LogP contribution is 2.48. The molecule has 0 bridgehead atoms. The van der Waals surface area contributed by atoms with Crippen molar-refractivity contribution in [3.8, 4) is 5.75 Å². The topological polar surface area (TPSA) is 38.8 Å². The van der Waals surface area contributed by atoms with E-state index in [0.29, 0.717) is 26.3 Å². The van der Waals surface area contributed by atoms with Gasteiger partial charge in [-0.05, 0) is 0 Å². The first-order valence-electron chi connectivity index (χ1n) is 5.93. The zero-order chi connectivity index (χ0) is 15.6. The van der Waals surface area contributed by atoms with E-state index in [4.69, 9.17) is 67.5 Å². The predicted octanol–water partition coefficient (Wildman–Crippen LogP) is 4.19. The minimum absolute atomic E-state index is 0.0193. The number of morpholine rings is 1. The van der Waals surface area contributed by atoms with Crippen molar-refractivity contribution in [1.82, 2.24) is 4.90 Å². The van der Waals surface area contributed by atoms with Gasteiger partial charge in [-0.15, -0.1) is 0 Å². The molecule has 1 amide bonds. The van der Waals surface area contributed by atoms with Gasteiger partial charge in [0.15, 0.2) is 12.4 Å². The van der Waals surface area contributed by atoms with Crippen LogP contribution in [0.4, 0.5) is 0 Å². The molecule has 0 radical (unpaired) electrons. The molecule has 0 saturated carbocycles. The van der Waals surface area contributed by atoms with Crippen molar-refractivity contribution < 1.29 is 14.3 Å². The fourth-order valence-corrected chi connectivity index (χ4v) is 2.98. The van der Waals surface area contributed by atoms with E-state index in [1.165, 1.54) is 0 Å². The van der Waals surface area contributed by atoms with E-state index >= 15 is 0 Å². The molecule has 0 spiro atoms. The number of hydrogen-bond acceptors (Lipinski definition) is 3. The van der Waals surface area contributed by atoms with Gasteiger partial charge in [-0.2, -0.15) is 0 Å². The average Bonchev–Trinajstić information content (AvgIpc) is 2.51. The molecular formula is C12H10Cl5NO3. The third-order valence-corrected chi connectivity index (χ3v) is 5.12. The maximum atomic E-state index is 12.0. The Labute approximate surface area is 146 Å². The van der Waals surface area contributed by atoms with Crippen molar-refractivity contribution in [3.63, 3.8) is 0 Å². The summed E-state index contributed by atoms with van der Waals surface area (Å²) in [5.74, 6) is -0.160. The summed E-state index contributed by atoms with van der Waals surface area (Å²) in [7, 11) is 0. The van der Waals surface area contributed by atoms with E-state index in [9.17, 15) is 4.79 Å². The van der Waals surface area contributed by atoms with Crippen LogP contribution in [0.25, 0.3) is 0 Å². The number of amides is 1. The highest BCUT2D eigenvalue weighted by Gasteiger charge is 2.23. The molecule has 2 rings (SSSR count). The SMILES string of the molecule is O=C(COc1c(Cl)c(Cl)c(Cl)c(Cl)c1Cl)N1CCOCC1. The Bertz CT molecular complexity index is 531. The summed E-state index contributed by atoms with van der Waals surface area (Å²) in [6.07, 6.45) is 0. The molecule has 0 unspecified atom stereocenters. The van der Waals surface area contributed by atoms with Crippen LogP contribution < -0.4 is 4.74 Å². The van der Waals surface area contributed by atoms with Gasteiger partial charge in [-0.25, -0.2) is 0 Å². The molecule has 0 atom stereocenters.